The number of esters is 2. The quantitative estimate of drug-likeness (QED) is 0.121. The Morgan fingerprint density at radius 1 is 0.708 bits per heavy atom. The van der Waals surface area contributed by atoms with Crippen molar-refractivity contribution in [2.45, 2.75) is 90.4 Å². The molecule has 0 saturated carbocycles. The van der Waals surface area contributed by atoms with Crippen LogP contribution in [0.3, 0.4) is 0 Å². The van der Waals surface area contributed by atoms with Crippen molar-refractivity contribution in [1.29, 1.82) is 0 Å². The van der Waals surface area contributed by atoms with Crippen LogP contribution in [0.15, 0.2) is 18.2 Å². The number of nitrogens with zero attached hydrogens (tertiary/aromatic N) is 2. The van der Waals surface area contributed by atoms with Crippen LogP contribution in [0.4, 0.5) is 0 Å². The molecule has 10 heteroatoms. The molecule has 0 saturated heterocycles. The van der Waals surface area contributed by atoms with Crippen LogP contribution in [-0.2, 0) is 19.1 Å². The number of carbonyl (C=O) groups excluding carboxylic acids is 4. The van der Waals surface area contributed by atoms with Crippen LogP contribution in [0.1, 0.15) is 137 Å². The molecule has 3 aromatic heterocycles. The smallest absolute Gasteiger partial charge is 0.321 e. The maximum Gasteiger partial charge on any atom is 0.321 e. The van der Waals surface area contributed by atoms with Gasteiger partial charge in [-0.25, -0.2) is 0 Å². The van der Waals surface area contributed by atoms with Crippen molar-refractivity contribution in [3.05, 3.63) is 68.8 Å². The van der Waals surface area contributed by atoms with E-state index in [1.54, 1.807) is 0 Å². The van der Waals surface area contributed by atoms with Gasteiger partial charge in [0.05, 0.1) is 23.8 Å². The van der Waals surface area contributed by atoms with Gasteiger partial charge in [0.15, 0.2) is 11.6 Å². The maximum absolute atomic E-state index is 14.3. The predicted molar refractivity (Wildman–Crippen MR) is 246 cm³/mol. The van der Waals surface area contributed by atoms with E-state index < -0.39 is 29.6 Å². The molecule has 314 valence electrons. The minimum absolute atomic E-state index is 0.0559. The topological polar surface area (TPSA) is 144 Å². The van der Waals surface area contributed by atoms with Gasteiger partial charge in [-0.1, -0.05) is 20.8 Å². The molecule has 2 N–H and O–H groups in total. The van der Waals surface area contributed by atoms with E-state index in [0.29, 0.717) is 55.7 Å². The predicted octanol–water partition coefficient (Wildman–Crippen LogP) is 6.72. The summed E-state index contributed by atoms with van der Waals surface area (Å²) in [5.41, 5.74) is 8.09. The molecule has 2 aliphatic heterocycles. The first-order valence-corrected chi connectivity index (χ1v) is 20.5. The van der Waals surface area contributed by atoms with E-state index in [2.05, 4.69) is 136 Å². The number of terminal acetylenes is 1. The second-order valence-corrected chi connectivity index (χ2v) is 15.1. The summed E-state index contributed by atoms with van der Waals surface area (Å²) in [6, 6.07) is 5.82. The van der Waals surface area contributed by atoms with Gasteiger partial charge in [-0.15, -0.1) is 6.42 Å². The lowest BCUT2D eigenvalue weighted by Crippen LogP contribution is -2.21. The molecule has 3 aromatic rings. The number of hydrogen-bond donors (Lipinski definition) is 2. The summed E-state index contributed by atoms with van der Waals surface area (Å²) in [6.45, 7) is 11.5. The van der Waals surface area contributed by atoms with E-state index in [1.807, 2.05) is 39.0 Å². The second kappa shape index (κ2) is 20.7. The van der Waals surface area contributed by atoms with Gasteiger partial charge in [-0.2, -0.15) is 0 Å². The fourth-order valence-electron chi connectivity index (χ4n) is 8.27. The van der Waals surface area contributed by atoms with Gasteiger partial charge in [0.2, 0.25) is 0 Å². The van der Waals surface area contributed by atoms with Crippen molar-refractivity contribution in [2.24, 2.45) is 0 Å². The largest absolute Gasteiger partial charge is 0.468 e. The summed E-state index contributed by atoms with van der Waals surface area (Å²) in [5, 5.41) is 0. The molecular formula is C55H38N4O6. The molecule has 6 rings (SSSR count). The molecule has 0 fully saturated rings. The molecule has 0 spiro atoms. The zero-order valence-electron chi connectivity index (χ0n) is 36.7. The third-order valence-corrected chi connectivity index (χ3v) is 11.4. The number of fused-ring (bicyclic) bond motifs is 8. The van der Waals surface area contributed by atoms with E-state index in [1.165, 1.54) is 14.0 Å². The van der Waals surface area contributed by atoms with Crippen LogP contribution in [0.2, 0.25) is 0 Å². The first-order valence-electron chi connectivity index (χ1n) is 20.5. The van der Waals surface area contributed by atoms with Gasteiger partial charge in [0.25, 0.3) is 0 Å². The van der Waals surface area contributed by atoms with Crippen LogP contribution < -0.4 is 0 Å². The van der Waals surface area contributed by atoms with Crippen molar-refractivity contribution in [3.8, 4) is 119 Å². The summed E-state index contributed by atoms with van der Waals surface area (Å²) in [6.07, 6.45) is 8.26. The van der Waals surface area contributed by atoms with E-state index in [4.69, 9.17) is 25.9 Å². The Morgan fingerprint density at radius 3 is 1.80 bits per heavy atom. The lowest BCUT2D eigenvalue weighted by Gasteiger charge is -2.18. The van der Waals surface area contributed by atoms with Crippen LogP contribution in [-0.4, -0.2) is 50.6 Å². The highest BCUT2D eigenvalue weighted by molar-refractivity contribution is 6.23. The lowest BCUT2D eigenvalue weighted by atomic mass is 9.84. The van der Waals surface area contributed by atoms with Gasteiger partial charge < -0.3 is 19.4 Å². The summed E-state index contributed by atoms with van der Waals surface area (Å²) >= 11 is 0. The molecule has 3 unspecified atom stereocenters. The number of hydrogen-bond acceptors (Lipinski definition) is 8. The monoisotopic (exact) mass is 850 g/mol. The lowest BCUT2D eigenvalue weighted by molar-refractivity contribution is -0.141. The van der Waals surface area contributed by atoms with E-state index >= 15 is 0 Å². The standard InChI is InChI=1S/C55H38N4O6/c1-9-11-12-13-14-15-16-17-18-19-20-21-22-23-24-25-26-27-30-65-47(61)29-28-40-35(4)42-31-43-36(5)48(38(7)60)46(57-43)33-41-34(3)39(10-2)45(56-41)32-44-37(6)49-53(59-44)50(52(40)58-42)51(54(49)62)55(63)64-8/h1,31-35,39-40,51,57,59H,10,28-29H2,2-8H3/t34?,35?,39-,40+,51?/m1/s1. The number of ketones is 2. The Labute approximate surface area is 378 Å². The summed E-state index contributed by atoms with van der Waals surface area (Å²) < 4.78 is 10.4. The normalized spacial score (nSPS) is 16.6. The Kier molecular flexibility index (Phi) is 14.5. The van der Waals surface area contributed by atoms with Crippen molar-refractivity contribution >= 4 is 45.6 Å². The zero-order chi connectivity index (χ0) is 46.6. The van der Waals surface area contributed by atoms with Gasteiger partial charge in [-0.05, 0) is 110 Å². The van der Waals surface area contributed by atoms with Crippen LogP contribution >= 0.6 is 0 Å². The average Bonchev–Trinajstić information content (AvgIpc) is 4.03. The highest BCUT2D eigenvalue weighted by Crippen LogP contribution is 2.48. The van der Waals surface area contributed by atoms with Crippen molar-refractivity contribution in [3.63, 3.8) is 0 Å². The number of Topliss-reactive ketones (excluding diaryl/α,β-unsaturated/α-hetero) is 2. The molecular weight excluding hydrogens is 813 g/mol. The van der Waals surface area contributed by atoms with Gasteiger partial charge in [-0.3, -0.25) is 29.1 Å². The van der Waals surface area contributed by atoms with Gasteiger partial charge in [0, 0.05) is 134 Å². The Morgan fingerprint density at radius 2 is 1.23 bits per heavy atom. The number of rotatable bonds is 6. The van der Waals surface area contributed by atoms with Crippen molar-refractivity contribution in [2.75, 3.05) is 7.11 Å². The molecule has 5 heterocycles. The van der Waals surface area contributed by atoms with E-state index in [9.17, 15) is 19.2 Å². The molecule has 0 amide bonds. The number of methoxy groups -OCH3 is 1. The number of H-pyrrole nitrogens is 2. The number of aromatic nitrogens is 4. The van der Waals surface area contributed by atoms with Crippen molar-refractivity contribution < 1.29 is 28.7 Å². The third kappa shape index (κ3) is 9.89. The maximum atomic E-state index is 14.3. The van der Waals surface area contributed by atoms with Gasteiger partial charge in [0.1, 0.15) is 12.0 Å². The first kappa shape index (κ1) is 45.5. The fraction of sp³-hybridized carbons (Fsp3) is 0.273. The molecule has 8 bridgehead atoms. The Hall–Kier alpha value is -9.00. The molecule has 65 heavy (non-hydrogen) atoms. The summed E-state index contributed by atoms with van der Waals surface area (Å²) in [7, 11) is 1.25. The highest BCUT2D eigenvalue weighted by Gasteiger charge is 2.45. The van der Waals surface area contributed by atoms with Crippen molar-refractivity contribution in [1.82, 2.24) is 19.9 Å². The number of aromatic amines is 2. The van der Waals surface area contributed by atoms with Gasteiger partial charge >= 0.3 is 11.9 Å². The average molecular weight is 851 g/mol. The first-order chi connectivity index (χ1) is 31.4. The minimum Gasteiger partial charge on any atom is -0.468 e. The molecule has 0 aromatic carbocycles. The molecule has 10 nitrogen and oxygen atoms in total. The molecule has 5 atom stereocenters. The fourth-order valence-corrected chi connectivity index (χ4v) is 8.27. The molecule has 1 aliphatic carbocycles. The number of aryl methyl sites for hydroxylation is 2. The highest BCUT2D eigenvalue weighted by atomic mass is 16.5. The Bertz CT molecular complexity index is 3410. The van der Waals surface area contributed by atoms with Crippen LogP contribution in [0, 0.1) is 133 Å². The van der Waals surface area contributed by atoms with E-state index in [-0.39, 0.29) is 36.4 Å². The van der Waals surface area contributed by atoms with E-state index in [0.717, 1.165) is 23.4 Å². The third-order valence-electron chi connectivity index (χ3n) is 11.4. The summed E-state index contributed by atoms with van der Waals surface area (Å²) in [4.78, 5) is 71.2. The number of carbonyl (C=O) groups is 4. The SMILES string of the molecule is C#CC#CC#CC#CC#CC#CC#CC#CC#CC#COC(=O)CC[C@@H]1c2nc(cc3[nH]c(cc4nc(cc5[nH]c6c(c5C)C(=O)C(C(=O)OC)c26)[C@H](CC)C4C)c(C(C)=O)c3C)C1C. The molecule has 0 radical (unpaired) electrons. The Balaban J connectivity index is 1.32. The van der Waals surface area contributed by atoms with Crippen LogP contribution in [0.5, 0.6) is 0 Å². The second-order valence-electron chi connectivity index (χ2n) is 15.1. The molecule has 3 aliphatic rings. The minimum atomic E-state index is -1.28. The number of nitrogens with one attached hydrogen (secondary N) is 2. The zero-order valence-corrected chi connectivity index (χ0v) is 36.7. The van der Waals surface area contributed by atoms with Crippen LogP contribution in [0.25, 0.3) is 22.1 Å². The number of ether oxygens (including phenoxy) is 2. The summed E-state index contributed by atoms with van der Waals surface area (Å²) in [5.74, 6) is 40.5.